The molecule has 0 aliphatic heterocycles. The van der Waals surface area contributed by atoms with Gasteiger partial charge in [0.05, 0.1) is 22.4 Å². The number of carbonyl (C=O) groups excluding carboxylic acids is 1. The monoisotopic (exact) mass is 434 g/mol. The van der Waals surface area contributed by atoms with Gasteiger partial charge in [0.25, 0.3) is 5.91 Å². The summed E-state index contributed by atoms with van der Waals surface area (Å²) in [5, 5.41) is 8.61. The van der Waals surface area contributed by atoms with Crippen molar-refractivity contribution >= 4 is 22.2 Å². The van der Waals surface area contributed by atoms with Crippen molar-refractivity contribution in [3.63, 3.8) is 0 Å². The second-order valence-corrected chi connectivity index (χ2v) is 7.22. The number of nitrogens with zero attached hydrogens (tertiary/aromatic N) is 3. The van der Waals surface area contributed by atoms with Crippen LogP contribution in [0.3, 0.4) is 0 Å². The fourth-order valence-corrected chi connectivity index (χ4v) is 3.84. The Morgan fingerprint density at radius 3 is 2.60 bits per heavy atom. The quantitative estimate of drug-likeness (QED) is 0.468. The molecule has 4 aromatic rings. The smallest absolute Gasteiger partial charge is 0.352 e. The first kappa shape index (κ1) is 20.0. The normalized spacial score (nSPS) is 11.7. The van der Waals surface area contributed by atoms with Crippen molar-refractivity contribution in [3.8, 4) is 11.4 Å². The van der Waals surface area contributed by atoms with E-state index < -0.39 is 29.0 Å². The highest BCUT2D eigenvalue weighted by molar-refractivity contribution is 7.15. The molecule has 1 amide bonds. The Balaban J connectivity index is 1.48. The molecule has 0 aliphatic carbocycles. The summed E-state index contributed by atoms with van der Waals surface area (Å²) in [7, 11) is 0. The average Bonchev–Trinajstić information content (AvgIpc) is 3.29. The van der Waals surface area contributed by atoms with Gasteiger partial charge in [0.15, 0.2) is 5.82 Å². The fourth-order valence-electron chi connectivity index (χ4n) is 2.98. The zero-order valence-electron chi connectivity index (χ0n) is 15.3. The third-order valence-electron chi connectivity index (χ3n) is 4.41. The number of nitrogens with one attached hydrogen (secondary N) is 1. The molecule has 1 N–H and O–H groups in total. The van der Waals surface area contributed by atoms with E-state index in [9.17, 15) is 22.4 Å². The lowest BCUT2D eigenvalue weighted by molar-refractivity contribution is -0.137. The summed E-state index contributed by atoms with van der Waals surface area (Å²) >= 11 is 1.30. The maximum atomic E-state index is 14.0. The third-order valence-corrected chi connectivity index (χ3v) is 5.27. The second kappa shape index (κ2) is 7.86. The number of carbonyl (C=O) groups is 1. The van der Waals surface area contributed by atoms with Crippen LogP contribution in [0.5, 0.6) is 0 Å². The molecular formula is C20H14F4N4OS. The van der Waals surface area contributed by atoms with E-state index in [4.69, 9.17) is 0 Å². The second-order valence-electron chi connectivity index (χ2n) is 6.39. The Bertz CT molecular complexity index is 1210. The van der Waals surface area contributed by atoms with E-state index in [0.29, 0.717) is 17.1 Å². The van der Waals surface area contributed by atoms with Gasteiger partial charge in [-0.1, -0.05) is 24.3 Å². The van der Waals surface area contributed by atoms with Crippen molar-refractivity contribution in [1.29, 1.82) is 0 Å². The summed E-state index contributed by atoms with van der Waals surface area (Å²) in [6, 6.07) is 10.8. The molecule has 0 spiro atoms. The molecule has 0 atom stereocenters. The topological polar surface area (TPSA) is 59.3 Å². The van der Waals surface area contributed by atoms with Crippen LogP contribution in [0.2, 0.25) is 0 Å². The van der Waals surface area contributed by atoms with Crippen molar-refractivity contribution in [2.75, 3.05) is 6.54 Å². The van der Waals surface area contributed by atoms with Gasteiger partial charge < -0.3 is 5.32 Å². The zero-order chi connectivity index (χ0) is 21.3. The lowest BCUT2D eigenvalue weighted by Crippen LogP contribution is -2.28. The van der Waals surface area contributed by atoms with E-state index in [0.717, 1.165) is 12.1 Å². The largest absolute Gasteiger partial charge is 0.417 e. The Hall–Kier alpha value is -3.27. The van der Waals surface area contributed by atoms with Crippen LogP contribution in [0, 0.1) is 5.82 Å². The van der Waals surface area contributed by atoms with Crippen LogP contribution < -0.4 is 5.32 Å². The van der Waals surface area contributed by atoms with Gasteiger partial charge in [0, 0.05) is 18.3 Å². The first-order valence-corrected chi connectivity index (χ1v) is 9.75. The van der Waals surface area contributed by atoms with Gasteiger partial charge in [-0.15, -0.1) is 16.4 Å². The summed E-state index contributed by atoms with van der Waals surface area (Å²) in [6.45, 7) is 0.103. The first-order chi connectivity index (χ1) is 14.3. The van der Waals surface area contributed by atoms with Gasteiger partial charge >= 0.3 is 6.18 Å². The summed E-state index contributed by atoms with van der Waals surface area (Å²) in [4.78, 5) is 17.1. The van der Waals surface area contributed by atoms with Crippen LogP contribution in [0.25, 0.3) is 16.3 Å². The highest BCUT2D eigenvalue weighted by Gasteiger charge is 2.34. The molecule has 154 valence electrons. The van der Waals surface area contributed by atoms with E-state index in [-0.39, 0.29) is 17.9 Å². The number of rotatable bonds is 5. The van der Waals surface area contributed by atoms with E-state index >= 15 is 0 Å². The number of benzene rings is 2. The summed E-state index contributed by atoms with van der Waals surface area (Å²) < 4.78 is 54.7. The van der Waals surface area contributed by atoms with Gasteiger partial charge in [-0.3, -0.25) is 4.79 Å². The Labute approximate surface area is 172 Å². The lowest BCUT2D eigenvalue weighted by Gasteiger charge is -2.12. The average molecular weight is 434 g/mol. The molecule has 0 bridgehead atoms. The Morgan fingerprint density at radius 1 is 1.10 bits per heavy atom. The molecule has 5 nitrogen and oxygen atoms in total. The molecular weight excluding hydrogens is 420 g/mol. The molecule has 10 heteroatoms. The van der Waals surface area contributed by atoms with Crippen LogP contribution in [0.15, 0.2) is 53.9 Å². The van der Waals surface area contributed by atoms with E-state index in [1.807, 2.05) is 0 Å². The number of alkyl halides is 3. The number of halogens is 4. The molecule has 0 fully saturated rings. The third kappa shape index (κ3) is 3.90. The van der Waals surface area contributed by atoms with Crippen LogP contribution in [-0.2, 0) is 12.6 Å². The minimum absolute atomic E-state index is 0.103. The molecule has 0 saturated carbocycles. The van der Waals surface area contributed by atoms with Crippen LogP contribution in [0.4, 0.5) is 17.6 Å². The van der Waals surface area contributed by atoms with Gasteiger partial charge in [-0.05, 0) is 24.3 Å². The van der Waals surface area contributed by atoms with Gasteiger partial charge in [-0.25, -0.2) is 8.91 Å². The molecule has 2 aromatic heterocycles. The van der Waals surface area contributed by atoms with Crippen LogP contribution in [-0.4, -0.2) is 27.0 Å². The maximum Gasteiger partial charge on any atom is 0.417 e. The van der Waals surface area contributed by atoms with Gasteiger partial charge in [-0.2, -0.15) is 18.2 Å². The number of fused-ring (bicyclic) bond motifs is 1. The predicted molar refractivity (Wildman–Crippen MR) is 104 cm³/mol. The highest BCUT2D eigenvalue weighted by Crippen LogP contribution is 2.31. The van der Waals surface area contributed by atoms with Gasteiger partial charge in [0.2, 0.25) is 4.96 Å². The number of hydrogen-bond acceptors (Lipinski definition) is 4. The van der Waals surface area contributed by atoms with E-state index in [2.05, 4.69) is 15.4 Å². The van der Waals surface area contributed by atoms with Crippen molar-refractivity contribution in [2.24, 2.45) is 0 Å². The van der Waals surface area contributed by atoms with Crippen LogP contribution in [0.1, 0.15) is 21.6 Å². The molecule has 0 radical (unpaired) electrons. The lowest BCUT2D eigenvalue weighted by atomic mass is 10.1. The Kier molecular flexibility index (Phi) is 5.25. The van der Waals surface area contributed by atoms with E-state index in [1.165, 1.54) is 29.5 Å². The SMILES string of the molecule is O=C(NCCc1csc2nc(-c3ccccc3F)nn12)c1ccccc1C(F)(F)F. The molecule has 0 unspecified atom stereocenters. The van der Waals surface area contributed by atoms with Crippen molar-refractivity contribution in [3.05, 3.63) is 76.5 Å². The summed E-state index contributed by atoms with van der Waals surface area (Å²) in [5.74, 6) is -1.00. The van der Waals surface area contributed by atoms with Crippen molar-refractivity contribution in [2.45, 2.75) is 12.6 Å². The molecule has 4 rings (SSSR count). The zero-order valence-corrected chi connectivity index (χ0v) is 16.1. The van der Waals surface area contributed by atoms with Crippen LogP contribution >= 0.6 is 11.3 Å². The number of aromatic nitrogens is 3. The summed E-state index contributed by atoms with van der Waals surface area (Å²) in [6.07, 6.45) is -4.29. The van der Waals surface area contributed by atoms with Gasteiger partial charge in [0.1, 0.15) is 5.82 Å². The van der Waals surface area contributed by atoms with Crippen molar-refractivity contribution in [1.82, 2.24) is 19.9 Å². The number of hydrogen-bond donors (Lipinski definition) is 1. The molecule has 2 aromatic carbocycles. The maximum absolute atomic E-state index is 14.0. The summed E-state index contributed by atoms with van der Waals surface area (Å²) in [5.41, 5.74) is -0.430. The molecule has 30 heavy (non-hydrogen) atoms. The molecule has 2 heterocycles. The number of amides is 1. The molecule has 0 aliphatic rings. The fraction of sp³-hybridized carbons (Fsp3) is 0.150. The van der Waals surface area contributed by atoms with Crippen molar-refractivity contribution < 1.29 is 22.4 Å². The predicted octanol–water partition coefficient (Wildman–Crippen LogP) is 4.59. The highest BCUT2D eigenvalue weighted by atomic mass is 32.1. The minimum Gasteiger partial charge on any atom is -0.352 e. The number of thiazole rings is 1. The standard InChI is InChI=1S/C20H14F4N4OS/c21-16-8-4-2-6-14(16)17-26-19-28(27-17)12(11-30-19)9-10-25-18(29)13-5-1-3-7-15(13)20(22,23)24/h1-8,11H,9-10H2,(H,25,29). The molecule has 0 saturated heterocycles. The minimum atomic E-state index is -4.61. The Morgan fingerprint density at radius 2 is 1.83 bits per heavy atom. The van der Waals surface area contributed by atoms with E-state index in [1.54, 1.807) is 28.1 Å². The first-order valence-electron chi connectivity index (χ1n) is 8.87.